The van der Waals surface area contributed by atoms with Crippen LogP contribution in [0.3, 0.4) is 0 Å². The quantitative estimate of drug-likeness (QED) is 0.661. The Hall–Kier alpha value is -3.28. The van der Waals surface area contributed by atoms with Crippen molar-refractivity contribution in [2.45, 2.75) is 32.1 Å². The second-order valence-electron chi connectivity index (χ2n) is 7.57. The standard InChI is InChI=1S/C24H25FN4O/c25-21-8-4-3-7-19(21)17-24(30)26-20-11-9-18(10-12-20)22-13-14-23(28-27-22)29-15-5-1-2-6-16-29/h3-4,7-14H,1-2,5-6,15-17H2,(H,26,30). The molecule has 5 nitrogen and oxygen atoms in total. The van der Waals surface area contributed by atoms with E-state index in [-0.39, 0.29) is 18.1 Å². The van der Waals surface area contributed by atoms with Crippen molar-refractivity contribution in [2.75, 3.05) is 23.3 Å². The number of benzene rings is 2. The smallest absolute Gasteiger partial charge is 0.228 e. The van der Waals surface area contributed by atoms with Gasteiger partial charge in [0.1, 0.15) is 5.82 Å². The van der Waals surface area contributed by atoms with Crippen LogP contribution in [0, 0.1) is 5.82 Å². The Bertz CT molecular complexity index is 981. The van der Waals surface area contributed by atoms with Gasteiger partial charge in [-0.2, -0.15) is 0 Å². The minimum absolute atomic E-state index is 0.00212. The average Bonchev–Trinajstić information content (AvgIpc) is 3.06. The molecule has 1 N–H and O–H groups in total. The highest BCUT2D eigenvalue weighted by Gasteiger charge is 2.12. The van der Waals surface area contributed by atoms with Crippen LogP contribution in [0.1, 0.15) is 31.2 Å². The van der Waals surface area contributed by atoms with Crippen LogP contribution in [-0.4, -0.2) is 29.2 Å². The summed E-state index contributed by atoms with van der Waals surface area (Å²) >= 11 is 0. The molecule has 0 saturated carbocycles. The van der Waals surface area contributed by atoms with E-state index in [9.17, 15) is 9.18 Å². The van der Waals surface area contributed by atoms with Crippen LogP contribution in [0.25, 0.3) is 11.3 Å². The minimum Gasteiger partial charge on any atom is -0.355 e. The van der Waals surface area contributed by atoms with Gasteiger partial charge in [0.25, 0.3) is 0 Å². The van der Waals surface area contributed by atoms with Crippen molar-refractivity contribution >= 4 is 17.4 Å². The molecule has 0 aliphatic carbocycles. The molecule has 1 amide bonds. The summed E-state index contributed by atoms with van der Waals surface area (Å²) in [5.74, 6) is 0.303. The molecule has 0 bridgehead atoms. The lowest BCUT2D eigenvalue weighted by Gasteiger charge is -2.20. The molecule has 1 saturated heterocycles. The highest BCUT2D eigenvalue weighted by molar-refractivity contribution is 5.92. The molecule has 4 rings (SSSR count). The summed E-state index contributed by atoms with van der Waals surface area (Å²) in [5, 5.41) is 11.6. The van der Waals surface area contributed by atoms with Crippen molar-refractivity contribution in [1.29, 1.82) is 0 Å². The van der Waals surface area contributed by atoms with Gasteiger partial charge in [0.05, 0.1) is 12.1 Å². The first-order valence-electron chi connectivity index (χ1n) is 10.4. The summed E-state index contributed by atoms with van der Waals surface area (Å²) in [5.41, 5.74) is 2.76. The Morgan fingerprint density at radius 2 is 1.63 bits per heavy atom. The van der Waals surface area contributed by atoms with Crippen molar-refractivity contribution in [3.63, 3.8) is 0 Å². The number of aromatic nitrogens is 2. The molecule has 0 spiro atoms. The first-order valence-corrected chi connectivity index (χ1v) is 10.4. The van der Waals surface area contributed by atoms with Crippen molar-refractivity contribution < 1.29 is 9.18 Å². The van der Waals surface area contributed by atoms with Gasteiger partial charge in [-0.25, -0.2) is 4.39 Å². The molecule has 2 aromatic carbocycles. The van der Waals surface area contributed by atoms with Crippen LogP contribution in [0.15, 0.2) is 60.7 Å². The molecule has 3 aromatic rings. The summed E-state index contributed by atoms with van der Waals surface area (Å²) in [6.07, 6.45) is 4.97. The second-order valence-corrected chi connectivity index (χ2v) is 7.57. The molecule has 6 heteroatoms. The number of anilines is 2. The number of nitrogens with zero attached hydrogens (tertiary/aromatic N) is 3. The number of halogens is 1. The van der Waals surface area contributed by atoms with E-state index in [1.807, 2.05) is 36.4 Å². The van der Waals surface area contributed by atoms with Crippen molar-refractivity contribution in [1.82, 2.24) is 10.2 Å². The second kappa shape index (κ2) is 9.48. The van der Waals surface area contributed by atoms with Gasteiger partial charge in [0.2, 0.25) is 5.91 Å². The van der Waals surface area contributed by atoms with Crippen LogP contribution < -0.4 is 10.2 Å². The largest absolute Gasteiger partial charge is 0.355 e. The van der Waals surface area contributed by atoms with Gasteiger partial charge < -0.3 is 10.2 Å². The molecule has 1 fully saturated rings. The Labute approximate surface area is 176 Å². The highest BCUT2D eigenvalue weighted by Crippen LogP contribution is 2.22. The monoisotopic (exact) mass is 404 g/mol. The summed E-state index contributed by atoms with van der Waals surface area (Å²) in [6.45, 7) is 2.07. The van der Waals surface area contributed by atoms with Crippen LogP contribution in [0.4, 0.5) is 15.9 Å². The summed E-state index contributed by atoms with van der Waals surface area (Å²) in [6, 6.07) is 17.7. The molecular weight excluding hydrogens is 379 g/mol. The molecular formula is C24H25FN4O. The Morgan fingerprint density at radius 3 is 2.30 bits per heavy atom. The van der Waals surface area contributed by atoms with E-state index in [1.165, 1.54) is 31.7 Å². The lowest BCUT2D eigenvalue weighted by molar-refractivity contribution is -0.115. The number of amides is 1. The summed E-state index contributed by atoms with van der Waals surface area (Å²) in [4.78, 5) is 14.5. The third kappa shape index (κ3) is 5.00. The fourth-order valence-corrected chi connectivity index (χ4v) is 3.69. The summed E-state index contributed by atoms with van der Waals surface area (Å²) in [7, 11) is 0. The first kappa shape index (κ1) is 20.0. The molecule has 1 aromatic heterocycles. The van der Waals surface area contributed by atoms with Crippen molar-refractivity contribution in [3.8, 4) is 11.3 Å². The predicted molar refractivity (Wildman–Crippen MR) is 117 cm³/mol. The average molecular weight is 404 g/mol. The van der Waals surface area contributed by atoms with Gasteiger partial charge in [0, 0.05) is 24.3 Å². The molecule has 0 atom stereocenters. The van der Waals surface area contributed by atoms with E-state index in [2.05, 4.69) is 20.4 Å². The zero-order chi connectivity index (χ0) is 20.8. The molecule has 30 heavy (non-hydrogen) atoms. The van der Waals surface area contributed by atoms with Crippen molar-refractivity contribution in [2.24, 2.45) is 0 Å². The SMILES string of the molecule is O=C(Cc1ccccc1F)Nc1ccc(-c2ccc(N3CCCCCC3)nn2)cc1. The van der Waals surface area contributed by atoms with Crippen molar-refractivity contribution in [3.05, 3.63) is 72.0 Å². The molecule has 1 aliphatic heterocycles. The van der Waals surface area contributed by atoms with E-state index in [0.717, 1.165) is 30.2 Å². The first-order chi connectivity index (χ1) is 14.7. The van der Waals surface area contributed by atoms with Crippen LogP contribution in [0.2, 0.25) is 0 Å². The molecule has 154 valence electrons. The number of carbonyl (C=O) groups excluding carboxylic acids is 1. The number of rotatable bonds is 5. The molecule has 0 radical (unpaired) electrons. The Morgan fingerprint density at radius 1 is 0.900 bits per heavy atom. The third-order valence-electron chi connectivity index (χ3n) is 5.35. The minimum atomic E-state index is -0.370. The van der Waals surface area contributed by atoms with E-state index in [1.54, 1.807) is 18.2 Å². The number of nitrogens with one attached hydrogen (secondary N) is 1. The number of hydrogen-bond donors (Lipinski definition) is 1. The van der Waals surface area contributed by atoms with Gasteiger partial charge in [-0.15, -0.1) is 10.2 Å². The Kier molecular flexibility index (Phi) is 6.32. The zero-order valence-electron chi connectivity index (χ0n) is 16.9. The maximum atomic E-state index is 13.7. The van der Waals surface area contributed by atoms with Gasteiger partial charge in [-0.1, -0.05) is 43.2 Å². The Balaban J connectivity index is 1.38. The van der Waals surface area contributed by atoms with E-state index >= 15 is 0 Å². The molecule has 2 heterocycles. The van der Waals surface area contributed by atoms with Crippen LogP contribution >= 0.6 is 0 Å². The topological polar surface area (TPSA) is 58.1 Å². The highest BCUT2D eigenvalue weighted by atomic mass is 19.1. The maximum Gasteiger partial charge on any atom is 0.228 e. The van der Waals surface area contributed by atoms with Crippen LogP contribution in [0.5, 0.6) is 0 Å². The van der Waals surface area contributed by atoms with Gasteiger partial charge in [-0.3, -0.25) is 4.79 Å². The zero-order valence-corrected chi connectivity index (χ0v) is 16.9. The van der Waals surface area contributed by atoms with E-state index in [4.69, 9.17) is 0 Å². The molecule has 1 aliphatic rings. The number of hydrogen-bond acceptors (Lipinski definition) is 4. The number of carbonyl (C=O) groups is 1. The third-order valence-corrected chi connectivity index (χ3v) is 5.35. The van der Waals surface area contributed by atoms with Gasteiger partial charge in [-0.05, 0) is 48.7 Å². The molecule has 0 unspecified atom stereocenters. The van der Waals surface area contributed by atoms with E-state index in [0.29, 0.717) is 11.3 Å². The maximum absolute atomic E-state index is 13.7. The lowest BCUT2D eigenvalue weighted by Crippen LogP contribution is -2.25. The van der Waals surface area contributed by atoms with E-state index < -0.39 is 0 Å². The normalized spacial score (nSPS) is 14.2. The predicted octanol–water partition coefficient (Wildman–Crippen LogP) is 4.84. The fraction of sp³-hybridized carbons (Fsp3) is 0.292. The van der Waals surface area contributed by atoms with Gasteiger partial charge in [0.15, 0.2) is 5.82 Å². The summed E-state index contributed by atoms with van der Waals surface area (Å²) < 4.78 is 13.7. The lowest BCUT2D eigenvalue weighted by atomic mass is 10.1. The van der Waals surface area contributed by atoms with Gasteiger partial charge >= 0.3 is 0 Å². The van der Waals surface area contributed by atoms with Crippen LogP contribution in [-0.2, 0) is 11.2 Å². The fourth-order valence-electron chi connectivity index (χ4n) is 3.69.